The van der Waals surface area contributed by atoms with Crippen molar-refractivity contribution in [2.75, 3.05) is 25.4 Å². The molecule has 2 aromatic rings. The highest BCUT2D eigenvalue weighted by Crippen LogP contribution is 2.22. The number of halogens is 1. The van der Waals surface area contributed by atoms with Gasteiger partial charge >= 0.3 is 0 Å². The lowest BCUT2D eigenvalue weighted by molar-refractivity contribution is -0.0187. The Morgan fingerprint density at radius 1 is 1.35 bits per heavy atom. The second-order valence-corrected chi connectivity index (χ2v) is 7.11. The molecule has 1 atom stereocenters. The van der Waals surface area contributed by atoms with Crippen LogP contribution in [-0.2, 0) is 18.3 Å². The van der Waals surface area contributed by atoms with Gasteiger partial charge in [-0.2, -0.15) is 0 Å². The first-order valence-corrected chi connectivity index (χ1v) is 9.06. The van der Waals surface area contributed by atoms with E-state index < -0.39 is 0 Å². The van der Waals surface area contributed by atoms with E-state index >= 15 is 0 Å². The van der Waals surface area contributed by atoms with Crippen LogP contribution in [0.15, 0.2) is 29.4 Å². The van der Waals surface area contributed by atoms with Crippen LogP contribution in [0.5, 0.6) is 0 Å². The maximum atomic E-state index is 6.26. The third-order valence-electron chi connectivity index (χ3n) is 4.03. The van der Waals surface area contributed by atoms with Crippen molar-refractivity contribution < 1.29 is 4.74 Å². The van der Waals surface area contributed by atoms with Crippen LogP contribution in [0, 0.1) is 6.92 Å². The number of thioether (sulfide) groups is 1. The van der Waals surface area contributed by atoms with Gasteiger partial charge in [0, 0.05) is 37.5 Å². The van der Waals surface area contributed by atoms with E-state index in [2.05, 4.69) is 21.2 Å². The van der Waals surface area contributed by atoms with Gasteiger partial charge in [0.1, 0.15) is 5.82 Å². The monoisotopic (exact) mass is 352 g/mol. The van der Waals surface area contributed by atoms with Crippen molar-refractivity contribution >= 4 is 23.4 Å². The molecule has 2 heterocycles. The van der Waals surface area contributed by atoms with Crippen molar-refractivity contribution in [3.63, 3.8) is 0 Å². The summed E-state index contributed by atoms with van der Waals surface area (Å²) in [6.45, 7) is 5.44. The molecule has 5 nitrogen and oxygen atoms in total. The summed E-state index contributed by atoms with van der Waals surface area (Å²) >= 11 is 7.96. The van der Waals surface area contributed by atoms with E-state index in [4.69, 9.17) is 16.3 Å². The maximum absolute atomic E-state index is 6.26. The van der Waals surface area contributed by atoms with Crippen molar-refractivity contribution in [1.29, 1.82) is 0 Å². The zero-order valence-corrected chi connectivity index (χ0v) is 15.0. The van der Waals surface area contributed by atoms with E-state index in [-0.39, 0.29) is 6.10 Å². The van der Waals surface area contributed by atoms with E-state index in [1.54, 1.807) is 11.8 Å². The van der Waals surface area contributed by atoms with Crippen molar-refractivity contribution in [3.8, 4) is 0 Å². The average Bonchev–Trinajstić information content (AvgIpc) is 2.87. The number of aromatic nitrogens is 3. The van der Waals surface area contributed by atoms with Gasteiger partial charge in [-0.05, 0) is 18.6 Å². The molecule has 0 spiro atoms. The molecule has 1 saturated heterocycles. The summed E-state index contributed by atoms with van der Waals surface area (Å²) in [5.74, 6) is 1.81. The highest BCUT2D eigenvalue weighted by Gasteiger charge is 2.22. The minimum atomic E-state index is 0.202. The zero-order valence-electron chi connectivity index (χ0n) is 13.4. The average molecular weight is 353 g/mol. The summed E-state index contributed by atoms with van der Waals surface area (Å²) in [7, 11) is 1.99. The quantitative estimate of drug-likeness (QED) is 0.774. The molecule has 1 aliphatic rings. The van der Waals surface area contributed by atoms with Crippen LogP contribution >= 0.6 is 23.4 Å². The third-order valence-corrected chi connectivity index (χ3v) is 5.55. The van der Waals surface area contributed by atoms with Crippen LogP contribution in [0.1, 0.15) is 11.4 Å². The van der Waals surface area contributed by atoms with Gasteiger partial charge in [-0.3, -0.25) is 4.90 Å². The number of hydrogen-bond acceptors (Lipinski definition) is 5. The number of rotatable bonds is 5. The Balaban J connectivity index is 1.54. The fourth-order valence-electron chi connectivity index (χ4n) is 2.57. The molecule has 0 unspecified atom stereocenters. The number of hydrogen-bond donors (Lipinski definition) is 0. The molecule has 0 aliphatic carbocycles. The largest absolute Gasteiger partial charge is 0.375 e. The van der Waals surface area contributed by atoms with Crippen LogP contribution in [0.25, 0.3) is 0 Å². The van der Waals surface area contributed by atoms with Gasteiger partial charge in [0.15, 0.2) is 5.16 Å². The van der Waals surface area contributed by atoms with Gasteiger partial charge in [0.05, 0.1) is 12.7 Å². The first kappa shape index (κ1) is 16.8. The molecule has 1 aromatic heterocycles. The molecule has 0 N–H and O–H groups in total. The van der Waals surface area contributed by atoms with E-state index in [1.165, 1.54) is 5.56 Å². The normalized spacial score (nSPS) is 19.2. The number of ether oxygens (including phenoxy) is 1. The Labute approximate surface area is 146 Å². The lowest BCUT2D eigenvalue weighted by Crippen LogP contribution is -2.43. The Morgan fingerprint density at radius 3 is 2.91 bits per heavy atom. The summed E-state index contributed by atoms with van der Waals surface area (Å²) < 4.78 is 7.90. The summed E-state index contributed by atoms with van der Waals surface area (Å²) in [5, 5.41) is 10.0. The molecule has 0 amide bonds. The molecule has 0 radical (unpaired) electrons. The smallest absolute Gasteiger partial charge is 0.191 e. The van der Waals surface area contributed by atoms with Crippen molar-refractivity contribution in [3.05, 3.63) is 40.7 Å². The van der Waals surface area contributed by atoms with Crippen LogP contribution in [0.2, 0.25) is 5.02 Å². The Kier molecular flexibility index (Phi) is 5.58. The van der Waals surface area contributed by atoms with Crippen LogP contribution in [0.4, 0.5) is 0 Å². The minimum absolute atomic E-state index is 0.202. The second-order valence-electron chi connectivity index (χ2n) is 5.72. The Bertz CT molecular complexity index is 663. The number of aryl methyl sites for hydroxylation is 1. The summed E-state index contributed by atoms with van der Waals surface area (Å²) in [6.07, 6.45) is 0.202. The predicted octanol–water partition coefficient (Wildman–Crippen LogP) is 2.77. The number of benzene rings is 1. The van der Waals surface area contributed by atoms with Crippen molar-refractivity contribution in [2.45, 2.75) is 24.7 Å². The fourth-order valence-corrected chi connectivity index (χ4v) is 3.73. The van der Waals surface area contributed by atoms with Gasteiger partial charge < -0.3 is 9.30 Å². The summed E-state index contributed by atoms with van der Waals surface area (Å²) in [4.78, 5) is 2.40. The first-order valence-electron chi connectivity index (χ1n) is 7.69. The molecular weight excluding hydrogens is 332 g/mol. The molecule has 0 bridgehead atoms. The zero-order chi connectivity index (χ0) is 16.2. The van der Waals surface area contributed by atoms with E-state index in [9.17, 15) is 0 Å². The van der Waals surface area contributed by atoms with E-state index in [1.807, 2.05) is 36.7 Å². The Hall–Kier alpha value is -1.08. The predicted molar refractivity (Wildman–Crippen MR) is 92.9 cm³/mol. The van der Waals surface area contributed by atoms with Crippen LogP contribution in [0.3, 0.4) is 0 Å². The third kappa shape index (κ3) is 4.26. The van der Waals surface area contributed by atoms with Gasteiger partial charge in [-0.1, -0.05) is 41.6 Å². The maximum Gasteiger partial charge on any atom is 0.191 e. The molecule has 1 aliphatic heterocycles. The van der Waals surface area contributed by atoms with Gasteiger partial charge in [-0.15, -0.1) is 10.2 Å². The van der Waals surface area contributed by atoms with E-state index in [0.29, 0.717) is 0 Å². The molecule has 7 heteroatoms. The van der Waals surface area contributed by atoms with Crippen molar-refractivity contribution in [1.82, 2.24) is 19.7 Å². The molecular formula is C16H21ClN4OS. The van der Waals surface area contributed by atoms with E-state index in [0.717, 1.165) is 48.0 Å². The van der Waals surface area contributed by atoms with Crippen LogP contribution in [-0.4, -0.2) is 51.2 Å². The summed E-state index contributed by atoms with van der Waals surface area (Å²) in [5.41, 5.74) is 1.17. The van der Waals surface area contributed by atoms with Gasteiger partial charge in [-0.25, -0.2) is 0 Å². The highest BCUT2D eigenvalue weighted by molar-refractivity contribution is 7.99. The number of nitrogens with zero attached hydrogens (tertiary/aromatic N) is 4. The molecule has 0 saturated carbocycles. The lowest BCUT2D eigenvalue weighted by Gasteiger charge is -2.32. The van der Waals surface area contributed by atoms with Crippen LogP contribution < -0.4 is 0 Å². The Morgan fingerprint density at radius 2 is 2.17 bits per heavy atom. The number of morpholine rings is 1. The minimum Gasteiger partial charge on any atom is -0.375 e. The molecule has 23 heavy (non-hydrogen) atoms. The van der Waals surface area contributed by atoms with Crippen molar-refractivity contribution in [2.24, 2.45) is 7.05 Å². The molecule has 1 aromatic carbocycles. The van der Waals surface area contributed by atoms with Gasteiger partial charge in [0.2, 0.25) is 0 Å². The standard InChI is InChI=1S/C16H21ClN4OS/c1-12-18-19-16(20(12)2)23-11-14-10-21(7-8-22-14)9-13-5-3-4-6-15(13)17/h3-6,14H,7-11H2,1-2H3/t14-/m1/s1. The molecule has 3 rings (SSSR count). The summed E-state index contributed by atoms with van der Waals surface area (Å²) in [6, 6.07) is 8.03. The lowest BCUT2D eigenvalue weighted by atomic mass is 10.2. The second kappa shape index (κ2) is 7.66. The molecule has 1 fully saturated rings. The highest BCUT2D eigenvalue weighted by atomic mass is 35.5. The SMILES string of the molecule is Cc1nnc(SC[C@H]2CN(Cc3ccccc3Cl)CCO2)n1C. The topological polar surface area (TPSA) is 43.2 Å². The fraction of sp³-hybridized carbons (Fsp3) is 0.500. The van der Waals surface area contributed by atoms with Gasteiger partial charge in [0.25, 0.3) is 0 Å². The molecule has 124 valence electrons. The first-order chi connectivity index (χ1) is 11.1.